The van der Waals surface area contributed by atoms with Gasteiger partial charge in [-0.15, -0.1) is 0 Å². The summed E-state index contributed by atoms with van der Waals surface area (Å²) in [5, 5.41) is 20.4. The van der Waals surface area contributed by atoms with Gasteiger partial charge in [-0.1, -0.05) is 24.3 Å². The minimum absolute atomic E-state index is 0.0239. The van der Waals surface area contributed by atoms with Crippen molar-refractivity contribution in [2.75, 3.05) is 5.32 Å². The predicted molar refractivity (Wildman–Crippen MR) is 72.6 cm³/mol. The van der Waals surface area contributed by atoms with Gasteiger partial charge in [-0.25, -0.2) is 0 Å². The van der Waals surface area contributed by atoms with Crippen molar-refractivity contribution in [1.82, 2.24) is 4.98 Å². The number of nitrogens with zero attached hydrogens (tertiary/aromatic N) is 3. The molecular formula is C15H10N4. The molecule has 2 rings (SSSR count). The summed E-state index contributed by atoms with van der Waals surface area (Å²) in [7, 11) is 0. The summed E-state index contributed by atoms with van der Waals surface area (Å²) in [6, 6.07) is 16.8. The van der Waals surface area contributed by atoms with Crippen LogP contribution in [0.4, 0.5) is 5.69 Å². The van der Waals surface area contributed by atoms with E-state index in [9.17, 15) is 0 Å². The van der Waals surface area contributed by atoms with Crippen molar-refractivity contribution in [3.05, 3.63) is 60.4 Å². The summed E-state index contributed by atoms with van der Waals surface area (Å²) in [6.45, 7) is 0. The van der Waals surface area contributed by atoms with Crippen molar-refractivity contribution in [3.63, 3.8) is 0 Å². The van der Waals surface area contributed by atoms with Crippen molar-refractivity contribution in [2.45, 2.75) is 0 Å². The molecule has 0 bridgehead atoms. The van der Waals surface area contributed by atoms with Crippen LogP contribution in [0.5, 0.6) is 0 Å². The van der Waals surface area contributed by atoms with E-state index in [0.29, 0.717) is 0 Å². The van der Waals surface area contributed by atoms with Gasteiger partial charge in [0.05, 0.1) is 5.69 Å². The Balaban J connectivity index is 2.36. The number of pyridine rings is 1. The number of benzene rings is 1. The second-order valence-corrected chi connectivity index (χ2v) is 3.69. The van der Waals surface area contributed by atoms with Gasteiger partial charge >= 0.3 is 0 Å². The number of allylic oxidation sites excluding steroid dienone is 1. The van der Waals surface area contributed by atoms with Crippen molar-refractivity contribution in [2.24, 2.45) is 0 Å². The zero-order valence-corrected chi connectivity index (χ0v) is 10.0. The molecule has 0 fully saturated rings. The number of hydrogen-bond donors (Lipinski definition) is 1. The topological polar surface area (TPSA) is 72.5 Å². The molecule has 19 heavy (non-hydrogen) atoms. The van der Waals surface area contributed by atoms with Gasteiger partial charge in [0.2, 0.25) is 0 Å². The summed E-state index contributed by atoms with van der Waals surface area (Å²) < 4.78 is 0. The lowest BCUT2D eigenvalue weighted by molar-refractivity contribution is 1.32. The van der Waals surface area contributed by atoms with Gasteiger partial charge in [-0.3, -0.25) is 4.98 Å². The van der Waals surface area contributed by atoms with Gasteiger partial charge in [0.25, 0.3) is 0 Å². The molecule has 0 radical (unpaired) electrons. The van der Waals surface area contributed by atoms with Gasteiger partial charge in [0.15, 0.2) is 0 Å². The maximum atomic E-state index is 8.70. The number of aromatic nitrogens is 1. The third-order valence-electron chi connectivity index (χ3n) is 2.48. The molecule has 1 N–H and O–H groups in total. The van der Waals surface area contributed by atoms with Crippen molar-refractivity contribution >= 4 is 5.69 Å². The Kier molecular flexibility index (Phi) is 3.90. The van der Waals surface area contributed by atoms with E-state index in [1.165, 1.54) is 6.20 Å². The number of rotatable bonds is 3. The van der Waals surface area contributed by atoms with Gasteiger partial charge in [0.1, 0.15) is 17.7 Å². The van der Waals surface area contributed by atoms with Crippen molar-refractivity contribution in [3.8, 4) is 23.4 Å². The van der Waals surface area contributed by atoms with Gasteiger partial charge in [-0.05, 0) is 18.2 Å². The third kappa shape index (κ3) is 2.96. The summed E-state index contributed by atoms with van der Waals surface area (Å²) in [4.78, 5) is 4.29. The molecular weight excluding hydrogens is 236 g/mol. The summed E-state index contributed by atoms with van der Waals surface area (Å²) in [5.41, 5.74) is 2.56. The van der Waals surface area contributed by atoms with E-state index in [4.69, 9.17) is 10.5 Å². The van der Waals surface area contributed by atoms with Gasteiger partial charge in [0, 0.05) is 23.6 Å². The standard InChI is InChI=1S/C15H10N4/c16-9-12(10-17)11-19-15-6-2-1-5-13(15)14-7-3-4-8-18-14/h1-8,11,19H. The first-order chi connectivity index (χ1) is 9.35. The molecule has 0 aliphatic carbocycles. The van der Waals surface area contributed by atoms with Crippen molar-refractivity contribution in [1.29, 1.82) is 10.5 Å². The van der Waals surface area contributed by atoms with Crippen LogP contribution >= 0.6 is 0 Å². The largest absolute Gasteiger partial charge is 0.359 e. The Morgan fingerprint density at radius 2 is 1.79 bits per heavy atom. The first-order valence-electron chi connectivity index (χ1n) is 5.62. The van der Waals surface area contributed by atoms with E-state index < -0.39 is 0 Å². The van der Waals surface area contributed by atoms with Crippen LogP contribution < -0.4 is 5.32 Å². The smallest absolute Gasteiger partial charge is 0.145 e. The molecule has 1 heterocycles. The summed E-state index contributed by atoms with van der Waals surface area (Å²) in [5.74, 6) is 0. The Morgan fingerprint density at radius 3 is 2.47 bits per heavy atom. The molecule has 2 aromatic rings. The fraction of sp³-hybridized carbons (Fsp3) is 0. The lowest BCUT2D eigenvalue weighted by Crippen LogP contribution is -1.93. The summed E-state index contributed by atoms with van der Waals surface area (Å²) in [6.07, 6.45) is 3.11. The molecule has 0 amide bonds. The van der Waals surface area contributed by atoms with E-state index in [1.54, 1.807) is 18.3 Å². The lowest BCUT2D eigenvalue weighted by atomic mass is 10.1. The lowest BCUT2D eigenvalue weighted by Gasteiger charge is -2.08. The zero-order chi connectivity index (χ0) is 13.5. The van der Waals surface area contributed by atoms with E-state index in [1.807, 2.05) is 42.5 Å². The normalized spacial score (nSPS) is 8.95. The van der Waals surface area contributed by atoms with Crippen LogP contribution in [-0.2, 0) is 0 Å². The molecule has 0 aliphatic heterocycles. The highest BCUT2D eigenvalue weighted by Crippen LogP contribution is 2.25. The maximum absolute atomic E-state index is 8.70. The molecule has 4 heteroatoms. The molecule has 0 aliphatic rings. The van der Waals surface area contributed by atoms with Gasteiger partial charge < -0.3 is 5.32 Å². The highest BCUT2D eigenvalue weighted by Gasteiger charge is 2.04. The van der Waals surface area contributed by atoms with Gasteiger partial charge in [-0.2, -0.15) is 10.5 Å². The molecule has 90 valence electrons. The number of anilines is 1. The van der Waals surface area contributed by atoms with E-state index >= 15 is 0 Å². The van der Waals surface area contributed by atoms with Crippen LogP contribution in [0, 0.1) is 22.7 Å². The van der Waals surface area contributed by atoms with E-state index in [0.717, 1.165) is 16.9 Å². The van der Waals surface area contributed by atoms with E-state index in [2.05, 4.69) is 10.3 Å². The van der Waals surface area contributed by atoms with Crippen LogP contribution in [0.25, 0.3) is 11.3 Å². The Morgan fingerprint density at radius 1 is 1.05 bits per heavy atom. The van der Waals surface area contributed by atoms with Crippen LogP contribution in [0.1, 0.15) is 0 Å². The highest BCUT2D eigenvalue weighted by molar-refractivity contribution is 5.76. The van der Waals surface area contributed by atoms with Crippen LogP contribution in [0.2, 0.25) is 0 Å². The highest BCUT2D eigenvalue weighted by atomic mass is 14.8. The molecule has 0 saturated heterocycles. The molecule has 0 spiro atoms. The molecule has 0 unspecified atom stereocenters. The fourth-order valence-corrected chi connectivity index (χ4v) is 1.59. The van der Waals surface area contributed by atoms with Crippen molar-refractivity contribution < 1.29 is 0 Å². The summed E-state index contributed by atoms with van der Waals surface area (Å²) >= 11 is 0. The molecule has 4 nitrogen and oxygen atoms in total. The number of para-hydroxylation sites is 1. The Bertz CT molecular complexity index is 659. The maximum Gasteiger partial charge on any atom is 0.145 e. The number of nitrogens with one attached hydrogen (secondary N) is 1. The monoisotopic (exact) mass is 246 g/mol. The average molecular weight is 246 g/mol. The van der Waals surface area contributed by atoms with Crippen LogP contribution in [-0.4, -0.2) is 4.98 Å². The Hall–Kier alpha value is -3.11. The average Bonchev–Trinajstić information content (AvgIpc) is 2.49. The third-order valence-corrected chi connectivity index (χ3v) is 2.48. The first kappa shape index (κ1) is 12.3. The minimum Gasteiger partial charge on any atom is -0.359 e. The SMILES string of the molecule is N#CC(C#N)=CNc1ccccc1-c1ccccn1. The quantitative estimate of drug-likeness (QED) is 0.844. The van der Waals surface area contributed by atoms with Crippen LogP contribution in [0.15, 0.2) is 60.4 Å². The second-order valence-electron chi connectivity index (χ2n) is 3.69. The predicted octanol–water partition coefficient (Wildman–Crippen LogP) is 3.09. The Labute approximate surface area is 111 Å². The molecule has 1 aromatic carbocycles. The molecule has 1 aromatic heterocycles. The molecule has 0 atom stereocenters. The second kappa shape index (κ2) is 6.00. The first-order valence-corrected chi connectivity index (χ1v) is 5.62. The molecule has 0 saturated carbocycles. The fourth-order valence-electron chi connectivity index (χ4n) is 1.59. The van der Waals surface area contributed by atoms with Crippen LogP contribution in [0.3, 0.4) is 0 Å². The minimum atomic E-state index is 0.0239. The van der Waals surface area contributed by atoms with E-state index in [-0.39, 0.29) is 5.57 Å². The number of nitriles is 2. The zero-order valence-electron chi connectivity index (χ0n) is 10.0. The number of hydrogen-bond acceptors (Lipinski definition) is 4.